The average molecular weight is 255 g/mol. The zero-order chi connectivity index (χ0) is 12.4. The highest BCUT2D eigenvalue weighted by molar-refractivity contribution is 6.33. The fourth-order valence-corrected chi connectivity index (χ4v) is 2.40. The molecule has 1 aliphatic heterocycles. The molecule has 0 aliphatic carbocycles. The molecule has 94 valence electrons. The Bertz CT molecular complexity index is 387. The van der Waals surface area contributed by atoms with Crippen LogP contribution in [0.1, 0.15) is 18.6 Å². The topological polar surface area (TPSA) is 26.7 Å². The van der Waals surface area contributed by atoms with Gasteiger partial charge in [0.1, 0.15) is 0 Å². The molecule has 1 aromatic carbocycles. The van der Waals surface area contributed by atoms with Gasteiger partial charge >= 0.3 is 0 Å². The van der Waals surface area contributed by atoms with Crippen LogP contribution in [0.4, 0.5) is 5.69 Å². The van der Waals surface area contributed by atoms with Gasteiger partial charge in [0.25, 0.3) is 0 Å². The fraction of sp³-hybridized carbons (Fsp3) is 0.538. The molecular formula is C13H19ClN2O. The van der Waals surface area contributed by atoms with Crippen LogP contribution in [-0.2, 0) is 0 Å². The van der Waals surface area contributed by atoms with Crippen molar-refractivity contribution in [1.29, 1.82) is 0 Å². The van der Waals surface area contributed by atoms with E-state index in [2.05, 4.69) is 16.8 Å². The molecular weight excluding hydrogens is 236 g/mol. The number of benzene rings is 1. The summed E-state index contributed by atoms with van der Waals surface area (Å²) in [5.41, 5.74) is 1.94. The van der Waals surface area contributed by atoms with E-state index in [0.29, 0.717) is 0 Å². The van der Waals surface area contributed by atoms with Gasteiger partial charge in [-0.1, -0.05) is 17.7 Å². The van der Waals surface area contributed by atoms with E-state index in [4.69, 9.17) is 11.6 Å². The van der Waals surface area contributed by atoms with Gasteiger partial charge in [-0.05, 0) is 31.7 Å². The lowest BCUT2D eigenvalue weighted by atomic mass is 10.1. The second kappa shape index (κ2) is 5.25. The molecule has 1 atom stereocenters. The Morgan fingerprint density at radius 2 is 1.88 bits per heavy atom. The third kappa shape index (κ3) is 2.92. The van der Waals surface area contributed by atoms with E-state index in [1.807, 2.05) is 18.2 Å². The molecule has 1 N–H and O–H groups in total. The summed E-state index contributed by atoms with van der Waals surface area (Å²) in [5, 5.41) is 10.2. The van der Waals surface area contributed by atoms with Gasteiger partial charge in [-0.15, -0.1) is 0 Å². The normalized spacial score (nSPS) is 19.4. The fourth-order valence-electron chi connectivity index (χ4n) is 2.09. The predicted octanol–water partition coefficient (Wildman–Crippen LogP) is 2.15. The summed E-state index contributed by atoms with van der Waals surface area (Å²) in [6.45, 7) is 5.89. The largest absolute Gasteiger partial charge is 0.389 e. The number of nitrogens with zero attached hydrogens (tertiary/aromatic N) is 2. The molecule has 0 saturated carbocycles. The van der Waals surface area contributed by atoms with Crippen molar-refractivity contribution in [2.75, 3.05) is 38.1 Å². The lowest BCUT2D eigenvalue weighted by molar-refractivity contribution is 0.199. The van der Waals surface area contributed by atoms with Crippen molar-refractivity contribution >= 4 is 17.3 Å². The molecule has 0 aromatic heterocycles. The van der Waals surface area contributed by atoms with E-state index in [9.17, 15) is 5.11 Å². The van der Waals surface area contributed by atoms with Crippen molar-refractivity contribution in [2.45, 2.75) is 13.0 Å². The zero-order valence-corrected chi connectivity index (χ0v) is 11.1. The molecule has 1 aliphatic rings. The number of hydrogen-bond acceptors (Lipinski definition) is 3. The molecule has 1 saturated heterocycles. The minimum absolute atomic E-state index is 0.464. The first-order valence-corrected chi connectivity index (χ1v) is 6.36. The van der Waals surface area contributed by atoms with Gasteiger partial charge in [0.15, 0.2) is 0 Å². The summed E-state index contributed by atoms with van der Waals surface area (Å²) >= 11 is 6.28. The summed E-state index contributed by atoms with van der Waals surface area (Å²) in [7, 11) is 2.13. The highest BCUT2D eigenvalue weighted by Gasteiger charge is 2.17. The van der Waals surface area contributed by atoms with Crippen molar-refractivity contribution in [2.24, 2.45) is 0 Å². The molecule has 17 heavy (non-hydrogen) atoms. The second-order valence-electron chi connectivity index (χ2n) is 4.68. The van der Waals surface area contributed by atoms with Gasteiger partial charge in [0.05, 0.1) is 16.8 Å². The highest BCUT2D eigenvalue weighted by atomic mass is 35.5. The smallest absolute Gasteiger partial charge is 0.0762 e. The van der Waals surface area contributed by atoms with Crippen molar-refractivity contribution in [3.8, 4) is 0 Å². The molecule has 1 heterocycles. The molecule has 4 heteroatoms. The van der Waals surface area contributed by atoms with Gasteiger partial charge in [-0.25, -0.2) is 0 Å². The van der Waals surface area contributed by atoms with Crippen LogP contribution in [0.25, 0.3) is 0 Å². The van der Waals surface area contributed by atoms with Crippen LogP contribution in [0.15, 0.2) is 18.2 Å². The second-order valence-corrected chi connectivity index (χ2v) is 5.08. The van der Waals surface area contributed by atoms with Gasteiger partial charge in [-0.2, -0.15) is 0 Å². The summed E-state index contributed by atoms with van der Waals surface area (Å²) in [6.07, 6.45) is -0.464. The number of halogens is 1. The monoisotopic (exact) mass is 254 g/mol. The van der Waals surface area contributed by atoms with E-state index in [1.165, 1.54) is 0 Å². The first-order chi connectivity index (χ1) is 8.08. The van der Waals surface area contributed by atoms with Crippen molar-refractivity contribution in [1.82, 2.24) is 4.90 Å². The van der Waals surface area contributed by atoms with Crippen LogP contribution in [0.5, 0.6) is 0 Å². The van der Waals surface area contributed by atoms with E-state index in [0.717, 1.165) is 42.5 Å². The maximum absolute atomic E-state index is 9.51. The van der Waals surface area contributed by atoms with Gasteiger partial charge in [0.2, 0.25) is 0 Å². The number of piperazine rings is 1. The first-order valence-electron chi connectivity index (χ1n) is 5.99. The van der Waals surface area contributed by atoms with Crippen LogP contribution in [0.2, 0.25) is 5.02 Å². The van der Waals surface area contributed by atoms with Gasteiger partial charge < -0.3 is 14.9 Å². The molecule has 0 radical (unpaired) electrons. The van der Waals surface area contributed by atoms with E-state index in [1.54, 1.807) is 6.92 Å². The minimum Gasteiger partial charge on any atom is -0.389 e. The first kappa shape index (κ1) is 12.7. The standard InChI is InChI=1S/C13H19ClN2O/c1-10(17)11-3-4-13(12(14)9-11)16-7-5-15(2)6-8-16/h3-4,9-10,17H,5-8H2,1-2H3/t10-/m1/s1. The third-order valence-electron chi connectivity index (χ3n) is 3.30. The Hall–Kier alpha value is -0.770. The van der Waals surface area contributed by atoms with Crippen LogP contribution >= 0.6 is 11.6 Å². The zero-order valence-electron chi connectivity index (χ0n) is 10.4. The Kier molecular flexibility index (Phi) is 3.92. The number of likely N-dealkylation sites (N-methyl/N-ethyl adjacent to an activating group) is 1. The van der Waals surface area contributed by atoms with Crippen LogP contribution in [0.3, 0.4) is 0 Å². The highest BCUT2D eigenvalue weighted by Crippen LogP contribution is 2.29. The third-order valence-corrected chi connectivity index (χ3v) is 3.60. The lowest BCUT2D eigenvalue weighted by Gasteiger charge is -2.34. The molecule has 3 nitrogen and oxygen atoms in total. The molecule has 0 unspecified atom stereocenters. The van der Waals surface area contributed by atoms with Crippen LogP contribution in [-0.4, -0.2) is 43.2 Å². The molecule has 0 spiro atoms. The average Bonchev–Trinajstić information content (AvgIpc) is 2.30. The van der Waals surface area contributed by atoms with Crippen molar-refractivity contribution in [3.63, 3.8) is 0 Å². The molecule has 0 amide bonds. The van der Waals surface area contributed by atoms with E-state index >= 15 is 0 Å². The molecule has 0 bridgehead atoms. The Labute approximate surface area is 108 Å². The van der Waals surface area contributed by atoms with E-state index < -0.39 is 6.10 Å². The summed E-state index contributed by atoms with van der Waals surface area (Å²) in [5.74, 6) is 0. The maximum Gasteiger partial charge on any atom is 0.0762 e. The van der Waals surface area contributed by atoms with Gasteiger partial charge in [-0.3, -0.25) is 0 Å². The SMILES string of the molecule is C[C@@H](O)c1ccc(N2CCN(C)CC2)c(Cl)c1. The number of aliphatic hydroxyl groups is 1. The number of anilines is 1. The molecule has 2 rings (SSSR count). The molecule has 1 fully saturated rings. The minimum atomic E-state index is -0.464. The van der Waals surface area contributed by atoms with Crippen molar-refractivity contribution in [3.05, 3.63) is 28.8 Å². The summed E-state index contributed by atoms with van der Waals surface area (Å²) in [6, 6.07) is 5.82. The van der Waals surface area contributed by atoms with E-state index in [-0.39, 0.29) is 0 Å². The lowest BCUT2D eigenvalue weighted by Crippen LogP contribution is -2.44. The Morgan fingerprint density at radius 1 is 1.24 bits per heavy atom. The number of aliphatic hydroxyl groups excluding tert-OH is 1. The maximum atomic E-state index is 9.51. The summed E-state index contributed by atoms with van der Waals surface area (Å²) < 4.78 is 0. The number of rotatable bonds is 2. The molecule has 1 aromatic rings. The Balaban J connectivity index is 2.16. The Morgan fingerprint density at radius 3 is 2.41 bits per heavy atom. The van der Waals surface area contributed by atoms with Gasteiger partial charge in [0, 0.05) is 26.2 Å². The predicted molar refractivity (Wildman–Crippen MR) is 71.8 cm³/mol. The van der Waals surface area contributed by atoms with Crippen molar-refractivity contribution < 1.29 is 5.11 Å². The van der Waals surface area contributed by atoms with Crippen LogP contribution < -0.4 is 4.90 Å². The summed E-state index contributed by atoms with van der Waals surface area (Å²) in [4.78, 5) is 4.61. The number of hydrogen-bond donors (Lipinski definition) is 1. The van der Waals surface area contributed by atoms with Crippen LogP contribution in [0, 0.1) is 0 Å². The quantitative estimate of drug-likeness (QED) is 0.876.